The first-order valence-electron chi connectivity index (χ1n) is 8.67. The minimum absolute atomic E-state index is 0.0964. The normalized spacial score (nSPS) is 17.5. The van der Waals surface area contributed by atoms with Gasteiger partial charge in [0.1, 0.15) is 0 Å². The highest BCUT2D eigenvalue weighted by atomic mass is 16.2. The molecule has 3 rings (SSSR count). The van der Waals surface area contributed by atoms with E-state index in [2.05, 4.69) is 22.1 Å². The van der Waals surface area contributed by atoms with Gasteiger partial charge in [0.25, 0.3) is 0 Å². The number of pyridine rings is 1. The smallest absolute Gasteiger partial charge is 0.234 e. The Labute approximate surface area is 142 Å². The van der Waals surface area contributed by atoms with Crippen LogP contribution in [0.4, 0.5) is 0 Å². The van der Waals surface area contributed by atoms with Crippen molar-refractivity contribution >= 4 is 16.8 Å². The van der Waals surface area contributed by atoms with Crippen LogP contribution in [0.3, 0.4) is 0 Å². The summed E-state index contributed by atoms with van der Waals surface area (Å²) in [5.41, 5.74) is 2.82. The second kappa shape index (κ2) is 7.18. The van der Waals surface area contributed by atoms with Gasteiger partial charge in [-0.05, 0) is 45.2 Å². The van der Waals surface area contributed by atoms with E-state index in [1.165, 1.54) is 0 Å². The van der Waals surface area contributed by atoms with E-state index in [1.807, 2.05) is 31.2 Å². The Kier molecular flexibility index (Phi) is 5.00. The molecular weight excluding hydrogens is 302 g/mol. The van der Waals surface area contributed by atoms with E-state index in [1.54, 1.807) is 0 Å². The summed E-state index contributed by atoms with van der Waals surface area (Å²) in [4.78, 5) is 30.0. The number of aromatic amines is 1. The van der Waals surface area contributed by atoms with Crippen LogP contribution in [0.5, 0.6) is 0 Å². The maximum atomic E-state index is 12.7. The fourth-order valence-corrected chi connectivity index (χ4v) is 3.44. The number of hydrogen-bond acceptors (Lipinski definition) is 3. The molecule has 2 heterocycles. The Bertz CT molecular complexity index is 797. The molecule has 0 saturated carbocycles. The molecule has 1 aliphatic rings. The summed E-state index contributed by atoms with van der Waals surface area (Å²) in [7, 11) is 0. The van der Waals surface area contributed by atoms with Crippen molar-refractivity contribution in [2.75, 3.05) is 19.6 Å². The lowest BCUT2D eigenvalue weighted by Crippen LogP contribution is -2.39. The van der Waals surface area contributed by atoms with E-state index in [0.717, 1.165) is 54.5 Å². The second-order valence-electron chi connectivity index (χ2n) is 6.66. The zero-order chi connectivity index (χ0) is 17.1. The molecule has 0 aliphatic carbocycles. The molecule has 128 valence electrons. The molecule has 0 unspecified atom stereocenters. The third kappa shape index (κ3) is 3.51. The summed E-state index contributed by atoms with van der Waals surface area (Å²) in [6.45, 7) is 6.24. The largest absolute Gasteiger partial charge is 0.358 e. The topological polar surface area (TPSA) is 65.2 Å². The summed E-state index contributed by atoms with van der Waals surface area (Å²) >= 11 is 0. The fraction of sp³-hybridized carbons (Fsp3) is 0.474. The van der Waals surface area contributed by atoms with E-state index in [9.17, 15) is 9.59 Å². The highest BCUT2D eigenvalue weighted by Gasteiger charge is 2.20. The first-order valence-corrected chi connectivity index (χ1v) is 8.67. The lowest BCUT2D eigenvalue weighted by molar-refractivity contribution is -0.121. The van der Waals surface area contributed by atoms with Crippen LogP contribution in [0.25, 0.3) is 10.9 Å². The van der Waals surface area contributed by atoms with Crippen LogP contribution in [-0.4, -0.2) is 41.5 Å². The van der Waals surface area contributed by atoms with Gasteiger partial charge in [-0.1, -0.05) is 12.1 Å². The number of carbonyl (C=O) groups excluding carboxylic acids is 1. The Hall–Kier alpha value is -2.14. The average Bonchev–Trinajstić information content (AvgIpc) is 2.79. The van der Waals surface area contributed by atoms with Crippen LogP contribution in [0.1, 0.15) is 31.0 Å². The summed E-state index contributed by atoms with van der Waals surface area (Å²) in [6, 6.07) is 7.92. The number of nitrogens with one attached hydrogen (secondary N) is 2. The maximum absolute atomic E-state index is 12.7. The molecule has 1 aromatic heterocycles. The molecule has 1 aliphatic heterocycles. The SMILES string of the molecule is Cc1[nH]c2ccccc2c(=O)c1CC[C@H](C)N1CCCNC(=O)C1. The molecule has 1 aromatic carbocycles. The van der Waals surface area contributed by atoms with Crippen molar-refractivity contribution in [1.82, 2.24) is 15.2 Å². The van der Waals surface area contributed by atoms with Crippen LogP contribution >= 0.6 is 0 Å². The number of amides is 1. The van der Waals surface area contributed by atoms with Gasteiger partial charge in [-0.15, -0.1) is 0 Å². The molecule has 2 N–H and O–H groups in total. The van der Waals surface area contributed by atoms with Gasteiger partial charge in [0.15, 0.2) is 5.43 Å². The predicted molar refractivity (Wildman–Crippen MR) is 96.3 cm³/mol. The van der Waals surface area contributed by atoms with Crippen LogP contribution in [-0.2, 0) is 11.2 Å². The number of para-hydroxylation sites is 1. The Morgan fingerprint density at radius 2 is 2.04 bits per heavy atom. The number of benzene rings is 1. The molecular formula is C19H25N3O2. The second-order valence-corrected chi connectivity index (χ2v) is 6.66. The summed E-state index contributed by atoms with van der Waals surface area (Å²) in [6.07, 6.45) is 2.58. The van der Waals surface area contributed by atoms with Crippen molar-refractivity contribution in [3.05, 3.63) is 45.7 Å². The Morgan fingerprint density at radius 3 is 2.88 bits per heavy atom. The van der Waals surface area contributed by atoms with Crippen LogP contribution < -0.4 is 10.7 Å². The van der Waals surface area contributed by atoms with E-state index in [0.29, 0.717) is 6.54 Å². The van der Waals surface area contributed by atoms with Crippen LogP contribution in [0, 0.1) is 6.92 Å². The number of hydrogen-bond donors (Lipinski definition) is 2. The first-order chi connectivity index (χ1) is 11.6. The highest BCUT2D eigenvalue weighted by Crippen LogP contribution is 2.15. The van der Waals surface area contributed by atoms with Crippen molar-refractivity contribution in [3.8, 4) is 0 Å². The minimum atomic E-state index is 0.0964. The molecule has 5 heteroatoms. The Morgan fingerprint density at radius 1 is 1.25 bits per heavy atom. The van der Waals surface area contributed by atoms with Gasteiger partial charge in [-0.3, -0.25) is 14.5 Å². The standard InChI is InChI=1S/C19H25N3O2/c1-13(22-11-5-10-20-18(23)12-22)8-9-15-14(2)21-17-7-4-3-6-16(17)19(15)24/h3-4,6-7,13H,5,8-12H2,1-2H3,(H,20,23)(H,21,24)/t13-/m0/s1. The van der Waals surface area contributed by atoms with Crippen molar-refractivity contribution in [2.45, 2.75) is 39.2 Å². The maximum Gasteiger partial charge on any atom is 0.234 e. The lowest BCUT2D eigenvalue weighted by Gasteiger charge is -2.26. The molecule has 0 radical (unpaired) electrons. The van der Waals surface area contributed by atoms with E-state index in [4.69, 9.17) is 0 Å². The van der Waals surface area contributed by atoms with E-state index < -0.39 is 0 Å². The molecule has 0 spiro atoms. The number of nitrogens with zero attached hydrogens (tertiary/aromatic N) is 1. The molecule has 1 saturated heterocycles. The highest BCUT2D eigenvalue weighted by molar-refractivity contribution is 5.79. The van der Waals surface area contributed by atoms with E-state index in [-0.39, 0.29) is 17.4 Å². The quantitative estimate of drug-likeness (QED) is 0.902. The number of rotatable bonds is 4. The van der Waals surface area contributed by atoms with Crippen LogP contribution in [0.15, 0.2) is 29.1 Å². The number of H-pyrrole nitrogens is 1. The number of aromatic nitrogens is 1. The molecule has 2 aromatic rings. The summed E-state index contributed by atoms with van der Waals surface area (Å²) in [5.74, 6) is 0.0964. The van der Waals surface area contributed by atoms with Gasteiger partial charge >= 0.3 is 0 Å². The summed E-state index contributed by atoms with van der Waals surface area (Å²) < 4.78 is 0. The average molecular weight is 327 g/mol. The number of carbonyl (C=O) groups is 1. The van der Waals surface area contributed by atoms with Gasteiger partial charge < -0.3 is 10.3 Å². The van der Waals surface area contributed by atoms with Crippen molar-refractivity contribution in [3.63, 3.8) is 0 Å². The Balaban J connectivity index is 1.75. The van der Waals surface area contributed by atoms with Crippen molar-refractivity contribution < 1.29 is 4.79 Å². The van der Waals surface area contributed by atoms with Gasteiger partial charge in [-0.25, -0.2) is 0 Å². The fourth-order valence-electron chi connectivity index (χ4n) is 3.44. The first kappa shape index (κ1) is 16.7. The summed E-state index contributed by atoms with van der Waals surface area (Å²) in [5, 5.41) is 3.66. The van der Waals surface area contributed by atoms with Gasteiger partial charge in [0.2, 0.25) is 5.91 Å². The molecule has 1 amide bonds. The van der Waals surface area contributed by atoms with Crippen molar-refractivity contribution in [2.24, 2.45) is 0 Å². The number of fused-ring (bicyclic) bond motifs is 1. The molecule has 24 heavy (non-hydrogen) atoms. The van der Waals surface area contributed by atoms with Crippen molar-refractivity contribution in [1.29, 1.82) is 0 Å². The van der Waals surface area contributed by atoms with Gasteiger partial charge in [0.05, 0.1) is 6.54 Å². The third-order valence-corrected chi connectivity index (χ3v) is 4.95. The molecule has 1 fully saturated rings. The number of aryl methyl sites for hydroxylation is 1. The monoisotopic (exact) mass is 327 g/mol. The molecule has 5 nitrogen and oxygen atoms in total. The van der Waals surface area contributed by atoms with Gasteiger partial charge in [0, 0.05) is 41.3 Å². The van der Waals surface area contributed by atoms with Gasteiger partial charge in [-0.2, -0.15) is 0 Å². The minimum Gasteiger partial charge on any atom is -0.358 e. The predicted octanol–water partition coefficient (Wildman–Crippen LogP) is 1.98. The molecule has 0 bridgehead atoms. The zero-order valence-electron chi connectivity index (χ0n) is 14.4. The lowest BCUT2D eigenvalue weighted by atomic mass is 10.0. The molecule has 1 atom stereocenters. The van der Waals surface area contributed by atoms with E-state index >= 15 is 0 Å². The third-order valence-electron chi connectivity index (χ3n) is 4.95. The van der Waals surface area contributed by atoms with Crippen LogP contribution in [0.2, 0.25) is 0 Å². The zero-order valence-corrected chi connectivity index (χ0v) is 14.4.